The first-order valence-corrected chi connectivity index (χ1v) is 13.5. The number of aromatic nitrogens is 9. The first-order valence-electron chi connectivity index (χ1n) is 13.5. The highest BCUT2D eigenvalue weighted by molar-refractivity contribution is 5.95. The Bertz CT molecular complexity index is 1960. The van der Waals surface area contributed by atoms with Crippen molar-refractivity contribution in [3.05, 3.63) is 59.8 Å². The van der Waals surface area contributed by atoms with E-state index in [0.29, 0.717) is 17.1 Å². The van der Waals surface area contributed by atoms with E-state index in [2.05, 4.69) is 39.8 Å². The van der Waals surface area contributed by atoms with Crippen LogP contribution in [0, 0.1) is 0 Å². The van der Waals surface area contributed by atoms with Crippen molar-refractivity contribution in [2.75, 3.05) is 0 Å². The van der Waals surface area contributed by atoms with Crippen molar-refractivity contribution in [1.29, 1.82) is 0 Å². The van der Waals surface area contributed by atoms with Crippen molar-refractivity contribution in [3.8, 4) is 28.5 Å². The lowest BCUT2D eigenvalue weighted by Crippen LogP contribution is -2.11. The minimum absolute atomic E-state index is 0.100. The molecule has 7 rings (SSSR count). The standard InChI is InChI=1S/C29H28F3N9/c1-15(2)24-19(11-17-13-38(3)37-27(17)33-24)28-34-25(26(39(28)4)16-9-10-16)18-7-6-8-21-20(18)14-41(35-21)23-12-22(29(30,31)32)40(5)36-23/h6-8,11-16H,9-10H2,1-5H3. The van der Waals surface area contributed by atoms with Gasteiger partial charge in [0.1, 0.15) is 11.5 Å². The van der Waals surface area contributed by atoms with Crippen LogP contribution in [-0.2, 0) is 27.3 Å². The third kappa shape index (κ3) is 4.11. The van der Waals surface area contributed by atoms with Crippen molar-refractivity contribution < 1.29 is 13.2 Å². The molecule has 41 heavy (non-hydrogen) atoms. The molecule has 1 aromatic carbocycles. The number of hydrogen-bond donors (Lipinski definition) is 0. The number of imidazole rings is 1. The molecule has 0 spiro atoms. The number of nitrogens with zero attached hydrogens (tertiary/aromatic N) is 9. The second kappa shape index (κ2) is 8.76. The predicted molar refractivity (Wildman–Crippen MR) is 149 cm³/mol. The quantitative estimate of drug-likeness (QED) is 0.254. The SMILES string of the molecule is CC(C)c1nc2nn(C)cc2cc1-c1nc(-c2cccc3nn(-c4cc(C(F)(F)F)n(C)n4)cc23)c(C2CC2)n1C. The number of pyridine rings is 1. The summed E-state index contributed by atoms with van der Waals surface area (Å²) in [5.74, 6) is 1.46. The topological polar surface area (TPSA) is 84.2 Å². The summed E-state index contributed by atoms with van der Waals surface area (Å²) >= 11 is 0. The summed E-state index contributed by atoms with van der Waals surface area (Å²) in [7, 11) is 5.21. The second-order valence-electron chi connectivity index (χ2n) is 11.1. The van der Waals surface area contributed by atoms with E-state index in [1.807, 2.05) is 38.5 Å². The normalized spacial score (nSPS) is 14.3. The van der Waals surface area contributed by atoms with Crippen molar-refractivity contribution in [1.82, 2.24) is 43.9 Å². The van der Waals surface area contributed by atoms with Gasteiger partial charge in [0.15, 0.2) is 11.5 Å². The molecule has 0 bridgehead atoms. The Labute approximate surface area is 233 Å². The van der Waals surface area contributed by atoms with Gasteiger partial charge in [0, 0.05) is 73.1 Å². The Morgan fingerprint density at radius 2 is 1.71 bits per heavy atom. The first-order chi connectivity index (χ1) is 19.5. The van der Waals surface area contributed by atoms with Crippen LogP contribution in [-0.4, -0.2) is 43.9 Å². The molecule has 1 fully saturated rings. The zero-order valence-corrected chi connectivity index (χ0v) is 23.3. The van der Waals surface area contributed by atoms with Crippen LogP contribution in [0.1, 0.15) is 55.6 Å². The monoisotopic (exact) mass is 559 g/mol. The predicted octanol–water partition coefficient (Wildman–Crippen LogP) is 6.13. The molecule has 12 heteroatoms. The third-order valence-corrected chi connectivity index (χ3v) is 7.73. The van der Waals surface area contributed by atoms with Gasteiger partial charge in [-0.05, 0) is 30.9 Å². The van der Waals surface area contributed by atoms with Gasteiger partial charge in [-0.3, -0.25) is 9.36 Å². The maximum Gasteiger partial charge on any atom is 0.433 e. The molecule has 1 aliphatic carbocycles. The Kier molecular flexibility index (Phi) is 5.44. The molecule has 0 aliphatic heterocycles. The summed E-state index contributed by atoms with van der Waals surface area (Å²) < 4.78 is 46.5. The minimum Gasteiger partial charge on any atom is -0.330 e. The molecule has 1 saturated carbocycles. The number of hydrogen-bond acceptors (Lipinski definition) is 5. The van der Waals surface area contributed by atoms with E-state index in [-0.39, 0.29) is 11.7 Å². The van der Waals surface area contributed by atoms with Gasteiger partial charge in [-0.25, -0.2) is 14.6 Å². The maximum absolute atomic E-state index is 13.4. The fourth-order valence-electron chi connectivity index (χ4n) is 5.68. The van der Waals surface area contributed by atoms with Gasteiger partial charge in [0.05, 0.1) is 16.9 Å². The summed E-state index contributed by atoms with van der Waals surface area (Å²) in [6, 6.07) is 8.88. The van der Waals surface area contributed by atoms with Gasteiger partial charge in [0.2, 0.25) is 0 Å². The van der Waals surface area contributed by atoms with E-state index in [9.17, 15) is 13.2 Å². The number of fused-ring (bicyclic) bond motifs is 2. The van der Waals surface area contributed by atoms with Crippen molar-refractivity contribution in [3.63, 3.8) is 0 Å². The van der Waals surface area contributed by atoms with E-state index in [1.165, 1.54) is 11.7 Å². The van der Waals surface area contributed by atoms with Crippen LogP contribution in [0.5, 0.6) is 0 Å². The van der Waals surface area contributed by atoms with E-state index in [1.54, 1.807) is 10.9 Å². The highest BCUT2D eigenvalue weighted by atomic mass is 19.4. The largest absolute Gasteiger partial charge is 0.433 e. The Hall–Kier alpha value is -4.48. The van der Waals surface area contributed by atoms with Crippen molar-refractivity contribution in [2.45, 2.75) is 44.7 Å². The molecule has 0 saturated heterocycles. The molecule has 0 N–H and O–H groups in total. The Balaban J connectivity index is 1.41. The fraction of sp³-hybridized carbons (Fsp3) is 0.345. The van der Waals surface area contributed by atoms with Crippen LogP contribution in [0.4, 0.5) is 13.2 Å². The van der Waals surface area contributed by atoms with Crippen LogP contribution in [0.15, 0.2) is 42.7 Å². The molecule has 9 nitrogen and oxygen atoms in total. The van der Waals surface area contributed by atoms with Gasteiger partial charge in [-0.15, -0.1) is 0 Å². The Morgan fingerprint density at radius 3 is 2.39 bits per heavy atom. The maximum atomic E-state index is 13.4. The van der Waals surface area contributed by atoms with Crippen LogP contribution in [0.25, 0.3) is 50.4 Å². The van der Waals surface area contributed by atoms with E-state index >= 15 is 0 Å². The summed E-state index contributed by atoms with van der Waals surface area (Å²) in [6.45, 7) is 4.23. The number of aryl methyl sites for hydroxylation is 2. The van der Waals surface area contributed by atoms with E-state index in [0.717, 1.165) is 68.4 Å². The highest BCUT2D eigenvalue weighted by Gasteiger charge is 2.36. The third-order valence-electron chi connectivity index (χ3n) is 7.73. The lowest BCUT2D eigenvalue weighted by atomic mass is 10.0. The fourth-order valence-corrected chi connectivity index (χ4v) is 5.68. The van der Waals surface area contributed by atoms with Gasteiger partial charge >= 0.3 is 6.18 Å². The summed E-state index contributed by atoms with van der Waals surface area (Å²) in [6.07, 6.45) is 1.34. The molecule has 0 atom stereocenters. The first kappa shape index (κ1) is 25.5. The van der Waals surface area contributed by atoms with Crippen LogP contribution in [0.2, 0.25) is 0 Å². The second-order valence-corrected chi connectivity index (χ2v) is 11.1. The molecule has 1 aliphatic rings. The highest BCUT2D eigenvalue weighted by Crippen LogP contribution is 2.47. The number of halogens is 3. The van der Waals surface area contributed by atoms with Gasteiger partial charge < -0.3 is 4.57 Å². The Morgan fingerprint density at radius 1 is 0.927 bits per heavy atom. The molecule has 5 aromatic heterocycles. The minimum atomic E-state index is -4.51. The zero-order chi connectivity index (χ0) is 28.8. The molecule has 5 heterocycles. The zero-order valence-electron chi connectivity index (χ0n) is 23.3. The van der Waals surface area contributed by atoms with Crippen molar-refractivity contribution in [2.24, 2.45) is 21.1 Å². The smallest absolute Gasteiger partial charge is 0.330 e. The summed E-state index contributed by atoms with van der Waals surface area (Å²) in [5, 5.41) is 14.9. The molecule has 0 unspecified atom stereocenters. The number of alkyl halides is 3. The van der Waals surface area contributed by atoms with Crippen molar-refractivity contribution >= 4 is 21.9 Å². The lowest BCUT2D eigenvalue weighted by Gasteiger charge is -2.12. The molecular weight excluding hydrogens is 531 g/mol. The molecule has 6 aromatic rings. The van der Waals surface area contributed by atoms with Crippen LogP contribution in [0.3, 0.4) is 0 Å². The summed E-state index contributed by atoms with van der Waals surface area (Å²) in [5.41, 5.74) is 5.29. The van der Waals surface area contributed by atoms with E-state index < -0.39 is 11.9 Å². The number of rotatable bonds is 5. The average Bonchev–Trinajstić information content (AvgIpc) is 3.22. The molecule has 0 radical (unpaired) electrons. The van der Waals surface area contributed by atoms with Crippen LogP contribution >= 0.6 is 0 Å². The van der Waals surface area contributed by atoms with Gasteiger partial charge in [-0.1, -0.05) is 26.0 Å². The van der Waals surface area contributed by atoms with E-state index in [4.69, 9.17) is 9.97 Å². The van der Waals surface area contributed by atoms with Gasteiger partial charge in [-0.2, -0.15) is 28.5 Å². The molecule has 210 valence electrons. The summed E-state index contributed by atoms with van der Waals surface area (Å²) in [4.78, 5) is 10.2. The van der Waals surface area contributed by atoms with Gasteiger partial charge in [0.25, 0.3) is 0 Å². The van der Waals surface area contributed by atoms with Crippen LogP contribution < -0.4 is 0 Å². The number of benzene rings is 1. The lowest BCUT2D eigenvalue weighted by molar-refractivity contribution is -0.143. The molecular formula is C29H28F3N9. The average molecular weight is 560 g/mol. The molecule has 0 amide bonds.